The first-order valence-electron chi connectivity index (χ1n) is 24.5. The van der Waals surface area contributed by atoms with Crippen molar-refractivity contribution in [3.05, 3.63) is 298 Å². The average Bonchev–Trinajstić information content (AvgIpc) is 3.37. The van der Waals surface area contributed by atoms with Crippen molar-refractivity contribution in [1.82, 2.24) is 0 Å². The molecule has 0 heteroatoms. The van der Waals surface area contributed by atoms with Crippen LogP contribution in [-0.4, -0.2) is 0 Å². The van der Waals surface area contributed by atoms with Crippen LogP contribution in [0.3, 0.4) is 0 Å². The minimum atomic E-state index is 1.29. The molecule has 0 nitrogen and oxygen atoms in total. The summed E-state index contributed by atoms with van der Waals surface area (Å²) < 4.78 is 0. The first kappa shape index (κ1) is 51.6. The maximum atomic E-state index is 2.24. The van der Waals surface area contributed by atoms with Crippen LogP contribution in [0.5, 0.6) is 0 Å². The van der Waals surface area contributed by atoms with Gasteiger partial charge >= 0.3 is 0 Å². The number of aryl methyl sites for hydroxylation is 10. The maximum Gasteiger partial charge on any atom is -0.0152 e. The van der Waals surface area contributed by atoms with E-state index in [9.17, 15) is 0 Å². The third kappa shape index (κ3) is 15.4. The first-order chi connectivity index (χ1) is 33.9. The summed E-state index contributed by atoms with van der Waals surface area (Å²) in [4.78, 5) is 0. The van der Waals surface area contributed by atoms with Crippen molar-refractivity contribution < 1.29 is 0 Å². The van der Waals surface area contributed by atoms with Gasteiger partial charge in [0, 0.05) is 0 Å². The molecule has 0 spiro atoms. The molecule has 10 aromatic rings. The molecule has 10 aromatic carbocycles. The van der Waals surface area contributed by atoms with E-state index in [1.54, 1.807) is 0 Å². The normalized spacial score (nSPS) is 10.1. The smallest absolute Gasteiger partial charge is 0.0152 e. The van der Waals surface area contributed by atoms with E-state index >= 15 is 0 Å². The van der Waals surface area contributed by atoms with Gasteiger partial charge in [-0.05, 0) is 158 Å². The van der Waals surface area contributed by atoms with Gasteiger partial charge in [-0.1, -0.05) is 265 Å². The first-order valence-corrected chi connectivity index (χ1v) is 24.5. The average molecular weight is 911 g/mol. The molecule has 0 saturated heterocycles. The molecule has 10 rings (SSSR count). The largest absolute Gasteiger partial charge is 0.0622 e. The van der Waals surface area contributed by atoms with E-state index in [2.05, 4.69) is 300 Å². The predicted molar refractivity (Wildman–Crippen MR) is 307 cm³/mol. The summed E-state index contributed by atoms with van der Waals surface area (Å²) in [6.45, 7) is 21.4. The van der Waals surface area contributed by atoms with Crippen molar-refractivity contribution in [1.29, 1.82) is 0 Å². The molecule has 70 heavy (non-hydrogen) atoms. The Morgan fingerprint density at radius 1 is 0.157 bits per heavy atom. The summed E-state index contributed by atoms with van der Waals surface area (Å²) >= 11 is 0. The van der Waals surface area contributed by atoms with E-state index < -0.39 is 0 Å². The second kappa shape index (κ2) is 26.1. The lowest BCUT2D eigenvalue weighted by molar-refractivity contribution is 1.34. The van der Waals surface area contributed by atoms with Crippen LogP contribution in [-0.2, 0) is 0 Å². The standard InChI is InChI=1S/5C14H14/c1-11-5-3-7-13(9-11)14-8-4-6-12(2)10-14;1-11-7-3-5-9-13(11)14-10-6-4-8-12(14)2;1-11-6-5-8-13(10-11)14-9-4-3-7-12(14)2;1-11-8-9-14(10-12(11)2)13-6-4-3-5-7-13;1-11-8-9-14(12(2)10-11)13-6-4-3-5-7-13/h5*3-10H,1-2H3. The van der Waals surface area contributed by atoms with E-state index in [0.29, 0.717) is 0 Å². The third-order valence-corrected chi connectivity index (χ3v) is 12.5. The fraction of sp³-hybridized carbons (Fsp3) is 0.143. The van der Waals surface area contributed by atoms with Crippen LogP contribution in [0, 0.1) is 69.2 Å². The zero-order chi connectivity index (χ0) is 49.8. The zero-order valence-electron chi connectivity index (χ0n) is 43.1. The number of rotatable bonds is 5. The van der Waals surface area contributed by atoms with Crippen LogP contribution >= 0.6 is 0 Å². The lowest BCUT2D eigenvalue weighted by Crippen LogP contribution is -1.85. The van der Waals surface area contributed by atoms with Gasteiger partial charge in [-0.3, -0.25) is 0 Å². The van der Waals surface area contributed by atoms with E-state index in [0.717, 1.165) is 0 Å². The Labute approximate surface area is 421 Å². The summed E-state index contributed by atoms with van der Waals surface area (Å²) in [6.07, 6.45) is 0. The highest BCUT2D eigenvalue weighted by Gasteiger charge is 2.04. The molecule has 0 atom stereocenters. The van der Waals surface area contributed by atoms with Crippen LogP contribution < -0.4 is 0 Å². The molecule has 0 saturated carbocycles. The lowest BCUT2D eigenvalue weighted by atomic mass is 9.97. The molecule has 0 bridgehead atoms. The summed E-state index contributed by atoms with van der Waals surface area (Å²) in [6, 6.07) is 85.5. The van der Waals surface area contributed by atoms with E-state index in [-0.39, 0.29) is 0 Å². The Morgan fingerprint density at radius 3 is 0.957 bits per heavy atom. The molecule has 0 unspecified atom stereocenters. The van der Waals surface area contributed by atoms with Crippen molar-refractivity contribution >= 4 is 0 Å². The molecule has 0 fully saturated rings. The number of hydrogen-bond donors (Lipinski definition) is 0. The van der Waals surface area contributed by atoms with Crippen molar-refractivity contribution in [3.63, 3.8) is 0 Å². The Balaban J connectivity index is 0.000000143. The minimum absolute atomic E-state index is 1.29. The fourth-order valence-corrected chi connectivity index (χ4v) is 8.42. The Morgan fingerprint density at radius 2 is 0.514 bits per heavy atom. The maximum absolute atomic E-state index is 2.24. The topological polar surface area (TPSA) is 0 Å². The van der Waals surface area contributed by atoms with Crippen LogP contribution in [0.25, 0.3) is 55.6 Å². The second-order valence-corrected chi connectivity index (χ2v) is 18.4. The highest BCUT2D eigenvalue weighted by molar-refractivity contribution is 5.71. The third-order valence-electron chi connectivity index (χ3n) is 12.5. The monoisotopic (exact) mass is 911 g/mol. The summed E-state index contributed by atoms with van der Waals surface area (Å²) in [5.74, 6) is 0. The zero-order valence-corrected chi connectivity index (χ0v) is 43.1. The molecule has 0 aliphatic heterocycles. The summed E-state index contributed by atoms with van der Waals surface area (Å²) in [7, 11) is 0. The van der Waals surface area contributed by atoms with Crippen molar-refractivity contribution in [2.45, 2.75) is 69.2 Å². The van der Waals surface area contributed by atoms with Crippen molar-refractivity contribution in [2.24, 2.45) is 0 Å². The van der Waals surface area contributed by atoms with Gasteiger partial charge in [-0.2, -0.15) is 0 Å². The Hall–Kier alpha value is -7.80. The van der Waals surface area contributed by atoms with Gasteiger partial charge in [-0.15, -0.1) is 0 Å². The van der Waals surface area contributed by atoms with E-state index in [1.165, 1.54) is 111 Å². The molecule has 0 aromatic heterocycles. The SMILES string of the molecule is Cc1ccc(-c2ccccc2)c(C)c1.Cc1ccc(-c2ccccc2)cc1C.Cc1cccc(-c2cccc(C)c2)c1.Cc1cccc(-c2ccccc2C)c1.Cc1ccccc1-c1ccccc1C. The number of hydrogen-bond acceptors (Lipinski definition) is 0. The highest BCUT2D eigenvalue weighted by Crippen LogP contribution is 2.28. The van der Waals surface area contributed by atoms with Gasteiger partial charge in [-0.25, -0.2) is 0 Å². The molecule has 0 radical (unpaired) electrons. The molecular formula is C70H70. The van der Waals surface area contributed by atoms with Gasteiger partial charge < -0.3 is 0 Å². The van der Waals surface area contributed by atoms with Gasteiger partial charge in [0.15, 0.2) is 0 Å². The van der Waals surface area contributed by atoms with Gasteiger partial charge in [0.25, 0.3) is 0 Å². The molecule has 0 amide bonds. The van der Waals surface area contributed by atoms with Crippen LogP contribution in [0.1, 0.15) is 55.6 Å². The molecule has 0 aliphatic rings. The fourth-order valence-electron chi connectivity index (χ4n) is 8.42. The second-order valence-electron chi connectivity index (χ2n) is 18.4. The highest BCUT2D eigenvalue weighted by atomic mass is 14.1. The van der Waals surface area contributed by atoms with Crippen LogP contribution in [0.15, 0.2) is 243 Å². The van der Waals surface area contributed by atoms with E-state index in [1.807, 2.05) is 12.1 Å². The molecule has 0 aliphatic carbocycles. The minimum Gasteiger partial charge on any atom is -0.0622 e. The Bertz CT molecular complexity index is 3100. The van der Waals surface area contributed by atoms with Crippen molar-refractivity contribution in [3.8, 4) is 55.6 Å². The van der Waals surface area contributed by atoms with Gasteiger partial charge in [0.2, 0.25) is 0 Å². The van der Waals surface area contributed by atoms with Gasteiger partial charge in [0.05, 0.1) is 0 Å². The molecule has 0 heterocycles. The predicted octanol–water partition coefficient (Wildman–Crippen LogP) is 19.9. The Kier molecular flexibility index (Phi) is 19.2. The number of benzene rings is 10. The van der Waals surface area contributed by atoms with Crippen LogP contribution in [0.4, 0.5) is 0 Å². The lowest BCUT2D eigenvalue weighted by Gasteiger charge is -2.08. The quantitative estimate of drug-likeness (QED) is 0.161. The van der Waals surface area contributed by atoms with Crippen molar-refractivity contribution in [2.75, 3.05) is 0 Å². The van der Waals surface area contributed by atoms with Gasteiger partial charge in [0.1, 0.15) is 0 Å². The summed E-state index contributed by atoms with van der Waals surface area (Å²) in [5.41, 5.74) is 26.4. The molecular weight excluding hydrogens is 841 g/mol. The van der Waals surface area contributed by atoms with E-state index in [4.69, 9.17) is 0 Å². The summed E-state index contributed by atoms with van der Waals surface area (Å²) in [5, 5.41) is 0. The molecule has 0 N–H and O–H groups in total. The molecule has 350 valence electrons. The van der Waals surface area contributed by atoms with Crippen LogP contribution in [0.2, 0.25) is 0 Å².